The van der Waals surface area contributed by atoms with Crippen LogP contribution in [0, 0.1) is 0 Å². The second-order valence-electron chi connectivity index (χ2n) is 7.17. The van der Waals surface area contributed by atoms with Gasteiger partial charge in [0.05, 0.1) is 12.7 Å². The summed E-state index contributed by atoms with van der Waals surface area (Å²) in [5.41, 5.74) is 3.65. The Bertz CT molecular complexity index is 757. The molecule has 0 saturated carbocycles. The maximum Gasteiger partial charge on any atom is 0.191 e. The normalized spacial score (nSPS) is 15.3. The summed E-state index contributed by atoms with van der Waals surface area (Å²) in [4.78, 5) is 4.29. The third kappa shape index (κ3) is 7.69. The zero-order chi connectivity index (χ0) is 20.3. The van der Waals surface area contributed by atoms with E-state index in [1.165, 1.54) is 16.7 Å². The van der Waals surface area contributed by atoms with Crippen LogP contribution in [0.4, 0.5) is 0 Å². The number of benzene rings is 2. The molecule has 1 aliphatic rings. The molecule has 2 N–H and O–H groups in total. The maximum atomic E-state index is 5.98. The molecular formula is C23H30ClN3O2. The Hall–Kier alpha value is -2.08. The van der Waals surface area contributed by atoms with Crippen LogP contribution in [0.2, 0.25) is 5.02 Å². The van der Waals surface area contributed by atoms with Gasteiger partial charge in [-0.15, -0.1) is 0 Å². The van der Waals surface area contributed by atoms with Gasteiger partial charge >= 0.3 is 0 Å². The van der Waals surface area contributed by atoms with Crippen molar-refractivity contribution >= 4 is 17.6 Å². The lowest BCUT2D eigenvalue weighted by Gasteiger charge is -2.22. The van der Waals surface area contributed by atoms with Gasteiger partial charge in [0.1, 0.15) is 0 Å². The zero-order valence-corrected chi connectivity index (χ0v) is 17.8. The molecule has 0 atom stereocenters. The lowest BCUT2D eigenvalue weighted by molar-refractivity contribution is -0.0390. The van der Waals surface area contributed by atoms with Crippen molar-refractivity contribution in [1.82, 2.24) is 10.6 Å². The third-order valence-electron chi connectivity index (χ3n) is 4.98. The van der Waals surface area contributed by atoms with Gasteiger partial charge in [0.15, 0.2) is 5.96 Å². The average Bonchev–Trinajstić information content (AvgIpc) is 2.77. The van der Waals surface area contributed by atoms with E-state index in [4.69, 9.17) is 21.1 Å². The van der Waals surface area contributed by atoms with Gasteiger partial charge in [-0.2, -0.15) is 0 Å². The fourth-order valence-electron chi connectivity index (χ4n) is 3.19. The van der Waals surface area contributed by atoms with Gasteiger partial charge in [-0.05, 0) is 48.1 Å². The summed E-state index contributed by atoms with van der Waals surface area (Å²) in [5, 5.41) is 7.47. The van der Waals surface area contributed by atoms with Gasteiger partial charge in [0.25, 0.3) is 0 Å². The smallest absolute Gasteiger partial charge is 0.191 e. The van der Waals surface area contributed by atoms with Crippen LogP contribution in [-0.2, 0) is 29.0 Å². The fraction of sp³-hybridized carbons (Fsp3) is 0.435. The van der Waals surface area contributed by atoms with Gasteiger partial charge in [0, 0.05) is 38.4 Å². The van der Waals surface area contributed by atoms with E-state index in [0.717, 1.165) is 56.5 Å². The van der Waals surface area contributed by atoms with Crippen molar-refractivity contribution in [1.29, 1.82) is 0 Å². The van der Waals surface area contributed by atoms with Gasteiger partial charge in [0.2, 0.25) is 0 Å². The summed E-state index contributed by atoms with van der Waals surface area (Å²) in [5.74, 6) is 0.797. The highest BCUT2D eigenvalue weighted by Gasteiger charge is 2.13. The van der Waals surface area contributed by atoms with Crippen LogP contribution in [0.1, 0.15) is 29.5 Å². The molecule has 156 valence electrons. The number of guanidine groups is 1. The Morgan fingerprint density at radius 3 is 2.34 bits per heavy atom. The fourth-order valence-corrected chi connectivity index (χ4v) is 3.32. The molecule has 5 nitrogen and oxygen atoms in total. The van der Waals surface area contributed by atoms with E-state index in [9.17, 15) is 0 Å². The van der Waals surface area contributed by atoms with Gasteiger partial charge in [-0.3, -0.25) is 4.99 Å². The highest BCUT2D eigenvalue weighted by atomic mass is 35.5. The minimum absolute atomic E-state index is 0.326. The van der Waals surface area contributed by atoms with E-state index in [2.05, 4.69) is 39.9 Å². The summed E-state index contributed by atoms with van der Waals surface area (Å²) in [6.45, 7) is 3.81. The zero-order valence-electron chi connectivity index (χ0n) is 17.0. The van der Waals surface area contributed by atoms with Crippen molar-refractivity contribution in [2.45, 2.75) is 38.5 Å². The Morgan fingerprint density at radius 1 is 1.00 bits per heavy atom. The summed E-state index contributed by atoms with van der Waals surface area (Å²) >= 11 is 5.92. The molecule has 0 aromatic heterocycles. The predicted molar refractivity (Wildman–Crippen MR) is 118 cm³/mol. The minimum Gasteiger partial charge on any atom is -0.381 e. The van der Waals surface area contributed by atoms with Gasteiger partial charge in [-0.25, -0.2) is 0 Å². The number of rotatable bonds is 8. The molecule has 0 unspecified atom stereocenters. The van der Waals surface area contributed by atoms with E-state index >= 15 is 0 Å². The van der Waals surface area contributed by atoms with Gasteiger partial charge in [-0.1, -0.05) is 48.0 Å². The van der Waals surface area contributed by atoms with E-state index in [1.54, 1.807) is 7.05 Å². The molecule has 2 aromatic carbocycles. The molecule has 0 spiro atoms. The Kier molecular flexibility index (Phi) is 8.81. The SMILES string of the molecule is CN=C(NCCc1ccc(Cl)cc1)NCc1ccc(COC2CCOCC2)cc1. The molecule has 0 bridgehead atoms. The summed E-state index contributed by atoms with van der Waals surface area (Å²) < 4.78 is 11.3. The molecule has 1 fully saturated rings. The van der Waals surface area contributed by atoms with Crippen LogP contribution in [-0.4, -0.2) is 38.9 Å². The molecular weight excluding hydrogens is 386 g/mol. The van der Waals surface area contributed by atoms with Crippen LogP contribution in [0.3, 0.4) is 0 Å². The van der Waals surface area contributed by atoms with Crippen LogP contribution >= 0.6 is 11.6 Å². The molecule has 3 rings (SSSR count). The lowest BCUT2D eigenvalue weighted by atomic mass is 10.1. The largest absolute Gasteiger partial charge is 0.381 e. The summed E-state index contributed by atoms with van der Waals surface area (Å²) in [6, 6.07) is 16.5. The molecule has 1 saturated heterocycles. The van der Waals surface area contributed by atoms with Crippen LogP contribution in [0.25, 0.3) is 0 Å². The Morgan fingerprint density at radius 2 is 1.66 bits per heavy atom. The average molecular weight is 416 g/mol. The molecule has 6 heteroatoms. The maximum absolute atomic E-state index is 5.98. The topological polar surface area (TPSA) is 54.9 Å². The standard InChI is InChI=1S/C23H30ClN3O2/c1-25-23(26-13-10-18-6-8-21(24)9-7-18)27-16-19-2-4-20(5-3-19)17-29-22-11-14-28-15-12-22/h2-9,22H,10-17H2,1H3,(H2,25,26,27). The van der Waals surface area contributed by atoms with Crippen molar-refractivity contribution in [3.8, 4) is 0 Å². The minimum atomic E-state index is 0.326. The van der Waals surface area contributed by atoms with Crippen LogP contribution in [0.5, 0.6) is 0 Å². The van der Waals surface area contributed by atoms with E-state index in [0.29, 0.717) is 12.7 Å². The number of hydrogen-bond donors (Lipinski definition) is 2. The van der Waals surface area contributed by atoms with Crippen molar-refractivity contribution < 1.29 is 9.47 Å². The number of hydrogen-bond acceptors (Lipinski definition) is 3. The second-order valence-corrected chi connectivity index (χ2v) is 7.60. The molecule has 29 heavy (non-hydrogen) atoms. The third-order valence-corrected chi connectivity index (χ3v) is 5.23. The first-order valence-corrected chi connectivity index (χ1v) is 10.6. The predicted octanol–water partition coefficient (Wildman–Crippen LogP) is 3.94. The van der Waals surface area contributed by atoms with Crippen LogP contribution < -0.4 is 10.6 Å². The van der Waals surface area contributed by atoms with Crippen molar-refractivity contribution in [3.05, 3.63) is 70.2 Å². The highest BCUT2D eigenvalue weighted by molar-refractivity contribution is 6.30. The molecule has 0 amide bonds. The number of aliphatic imine (C=N–C) groups is 1. The first-order chi connectivity index (χ1) is 14.2. The summed E-state index contributed by atoms with van der Waals surface area (Å²) in [7, 11) is 1.79. The van der Waals surface area contributed by atoms with E-state index in [1.807, 2.05) is 24.3 Å². The number of halogens is 1. The lowest BCUT2D eigenvalue weighted by Crippen LogP contribution is -2.37. The first kappa shape index (κ1) is 21.6. The van der Waals surface area contributed by atoms with E-state index in [-0.39, 0.29) is 0 Å². The summed E-state index contributed by atoms with van der Waals surface area (Å²) in [6.07, 6.45) is 3.23. The molecule has 2 aromatic rings. The monoisotopic (exact) mass is 415 g/mol. The Balaban J connectivity index is 1.36. The van der Waals surface area contributed by atoms with Crippen LogP contribution in [0.15, 0.2) is 53.5 Å². The molecule has 1 aliphatic heterocycles. The van der Waals surface area contributed by atoms with Crippen molar-refractivity contribution in [2.75, 3.05) is 26.8 Å². The van der Waals surface area contributed by atoms with Crippen molar-refractivity contribution in [2.24, 2.45) is 4.99 Å². The quantitative estimate of drug-likeness (QED) is 0.506. The highest BCUT2D eigenvalue weighted by Crippen LogP contribution is 2.14. The number of ether oxygens (including phenoxy) is 2. The van der Waals surface area contributed by atoms with Crippen molar-refractivity contribution in [3.63, 3.8) is 0 Å². The number of nitrogens with one attached hydrogen (secondary N) is 2. The number of nitrogens with zero attached hydrogens (tertiary/aromatic N) is 1. The Labute approximate surface area is 178 Å². The second kappa shape index (κ2) is 11.8. The van der Waals surface area contributed by atoms with E-state index < -0.39 is 0 Å². The molecule has 0 aliphatic carbocycles. The van der Waals surface area contributed by atoms with Gasteiger partial charge < -0.3 is 20.1 Å². The first-order valence-electron chi connectivity index (χ1n) is 10.2. The molecule has 0 radical (unpaired) electrons. The molecule has 1 heterocycles.